The van der Waals surface area contributed by atoms with E-state index in [4.69, 9.17) is 18.9 Å². The molecule has 0 radical (unpaired) electrons. The lowest BCUT2D eigenvalue weighted by Gasteiger charge is -2.21. The van der Waals surface area contributed by atoms with E-state index in [1.165, 1.54) is 0 Å². The summed E-state index contributed by atoms with van der Waals surface area (Å²) in [6, 6.07) is 14.9. The molecule has 2 unspecified atom stereocenters. The number of rotatable bonds is 8. The highest BCUT2D eigenvalue weighted by Crippen LogP contribution is 2.15. The van der Waals surface area contributed by atoms with Crippen molar-refractivity contribution in [3.8, 4) is 23.7 Å². The highest BCUT2D eigenvalue weighted by atomic mass is 32.2. The van der Waals surface area contributed by atoms with E-state index in [0.29, 0.717) is 0 Å². The van der Waals surface area contributed by atoms with Gasteiger partial charge < -0.3 is 18.9 Å². The Morgan fingerprint density at radius 1 is 0.707 bits per heavy atom. The summed E-state index contributed by atoms with van der Waals surface area (Å²) in [7, 11) is -3.69. The van der Waals surface area contributed by atoms with Crippen LogP contribution in [0.25, 0.3) is 12.2 Å². The molecule has 2 saturated heterocycles. The van der Waals surface area contributed by atoms with Crippen molar-refractivity contribution >= 4 is 22.0 Å². The zero-order valence-corrected chi connectivity index (χ0v) is 23.8. The van der Waals surface area contributed by atoms with Gasteiger partial charge in [-0.15, -0.1) is 11.5 Å². The van der Waals surface area contributed by atoms with Gasteiger partial charge in [0.05, 0.1) is 10.8 Å². The van der Waals surface area contributed by atoms with Crippen LogP contribution in [0.2, 0.25) is 0 Å². The lowest BCUT2D eigenvalue weighted by atomic mass is 10.1. The van der Waals surface area contributed by atoms with Gasteiger partial charge in [0.2, 0.25) is 9.84 Å². The molecule has 4 rings (SSSR count). The van der Waals surface area contributed by atoms with E-state index in [0.717, 1.165) is 84.8 Å². The summed E-state index contributed by atoms with van der Waals surface area (Å²) in [6.45, 7) is 1.98. The molecule has 212 valence electrons. The van der Waals surface area contributed by atoms with Crippen LogP contribution in [-0.2, 0) is 28.8 Å². The molecule has 2 fully saturated rings. The molecule has 7 heteroatoms. The normalized spacial score (nSPS) is 18.2. The SMILES string of the molecule is O=S(=O)(C=C=Cc1ccccc1C#CCOC1CCCCO1)C=C=Cc1ccccc1C#CCOC1CCCCO1. The molecule has 41 heavy (non-hydrogen) atoms. The maximum Gasteiger partial charge on any atom is 0.207 e. The molecule has 2 aliphatic heterocycles. The maximum absolute atomic E-state index is 12.5. The highest BCUT2D eigenvalue weighted by Gasteiger charge is 2.13. The van der Waals surface area contributed by atoms with Gasteiger partial charge in [0.1, 0.15) is 13.2 Å². The van der Waals surface area contributed by atoms with E-state index < -0.39 is 9.84 Å². The Labute approximate surface area is 243 Å². The van der Waals surface area contributed by atoms with Crippen LogP contribution in [0.1, 0.15) is 60.8 Å². The van der Waals surface area contributed by atoms with Crippen LogP contribution in [0.15, 0.2) is 70.8 Å². The molecule has 0 bridgehead atoms. The van der Waals surface area contributed by atoms with Gasteiger partial charge in [0.25, 0.3) is 0 Å². The van der Waals surface area contributed by atoms with Crippen molar-refractivity contribution in [1.82, 2.24) is 0 Å². The minimum absolute atomic E-state index is 0.189. The Balaban J connectivity index is 1.36. The van der Waals surface area contributed by atoms with Crippen molar-refractivity contribution in [2.75, 3.05) is 26.4 Å². The summed E-state index contributed by atoms with van der Waals surface area (Å²) in [5, 5.41) is 2.02. The van der Waals surface area contributed by atoms with Crippen LogP contribution < -0.4 is 0 Å². The van der Waals surface area contributed by atoms with E-state index in [-0.39, 0.29) is 25.8 Å². The minimum Gasteiger partial charge on any atom is -0.353 e. The summed E-state index contributed by atoms with van der Waals surface area (Å²) in [5.41, 5.74) is 8.53. The highest BCUT2D eigenvalue weighted by molar-refractivity contribution is 7.97. The first kappa shape index (κ1) is 30.4. The molecule has 2 aromatic carbocycles. The van der Waals surface area contributed by atoms with E-state index in [1.54, 1.807) is 12.2 Å². The van der Waals surface area contributed by atoms with Gasteiger partial charge in [0.15, 0.2) is 12.6 Å². The number of hydrogen-bond acceptors (Lipinski definition) is 6. The Bertz CT molecular complexity index is 1400. The van der Waals surface area contributed by atoms with Crippen molar-refractivity contribution in [3.05, 3.63) is 93.1 Å². The molecule has 2 aliphatic rings. The molecule has 0 saturated carbocycles. The van der Waals surface area contributed by atoms with Gasteiger partial charge in [-0.2, -0.15) is 0 Å². The molecule has 2 atom stereocenters. The average molecular weight is 571 g/mol. The zero-order chi connectivity index (χ0) is 28.6. The molecule has 0 aliphatic carbocycles. The van der Waals surface area contributed by atoms with Gasteiger partial charge in [-0.25, -0.2) is 8.42 Å². The standard InChI is InChI=1S/C34H34O6S/c35-41(36,27-11-19-31-15-3-1-13-29(31)17-9-25-39-33-21-5-7-23-37-33)28-12-20-32-16-4-2-14-30(32)18-10-26-40-34-22-6-8-24-38-34/h1-4,13-16,19-20,27-28,33-34H,5-8,21-26H2. The van der Waals surface area contributed by atoms with Crippen LogP contribution in [0.4, 0.5) is 0 Å². The van der Waals surface area contributed by atoms with Gasteiger partial charge in [-0.05, 0) is 73.9 Å². The second-order valence-corrected chi connectivity index (χ2v) is 11.1. The third-order valence-electron chi connectivity index (χ3n) is 6.27. The smallest absolute Gasteiger partial charge is 0.207 e. The predicted molar refractivity (Wildman–Crippen MR) is 160 cm³/mol. The molecule has 6 nitrogen and oxygen atoms in total. The summed E-state index contributed by atoms with van der Waals surface area (Å²) in [4.78, 5) is 0. The molecule has 0 amide bonds. The van der Waals surface area contributed by atoms with Gasteiger partial charge >= 0.3 is 0 Å². The van der Waals surface area contributed by atoms with Crippen molar-refractivity contribution in [2.24, 2.45) is 0 Å². The fraction of sp³-hybridized carbons (Fsp3) is 0.353. The second-order valence-electron chi connectivity index (χ2n) is 9.44. The number of ether oxygens (including phenoxy) is 4. The average Bonchev–Trinajstić information content (AvgIpc) is 3.00. The van der Waals surface area contributed by atoms with Crippen LogP contribution in [0, 0.1) is 23.7 Å². The predicted octanol–water partition coefficient (Wildman–Crippen LogP) is 5.84. The summed E-state index contributed by atoms with van der Waals surface area (Å²) in [6.07, 6.45) is 8.91. The van der Waals surface area contributed by atoms with E-state index in [2.05, 4.69) is 35.1 Å². The molecular weight excluding hydrogens is 536 g/mol. The first-order chi connectivity index (χ1) is 20.1. The van der Waals surface area contributed by atoms with Crippen molar-refractivity contribution < 1.29 is 27.4 Å². The van der Waals surface area contributed by atoms with E-state index in [1.807, 2.05) is 48.5 Å². The maximum atomic E-state index is 12.5. The number of benzene rings is 2. The van der Waals surface area contributed by atoms with Crippen molar-refractivity contribution in [2.45, 2.75) is 51.1 Å². The summed E-state index contributed by atoms with van der Waals surface area (Å²) < 4.78 is 47.4. The molecule has 2 heterocycles. The minimum atomic E-state index is -3.69. The largest absolute Gasteiger partial charge is 0.353 e. The van der Waals surface area contributed by atoms with Crippen LogP contribution in [0.3, 0.4) is 0 Å². The molecule has 0 aromatic heterocycles. The van der Waals surface area contributed by atoms with Crippen LogP contribution in [0.5, 0.6) is 0 Å². The topological polar surface area (TPSA) is 71.1 Å². The molecular formula is C34H34O6S. The summed E-state index contributed by atoms with van der Waals surface area (Å²) >= 11 is 0. The fourth-order valence-electron chi connectivity index (χ4n) is 4.16. The Hall–Kier alpha value is -3.61. The molecule has 0 spiro atoms. The third kappa shape index (κ3) is 11.1. The molecule has 2 aromatic rings. The Morgan fingerprint density at radius 2 is 1.17 bits per heavy atom. The van der Waals surface area contributed by atoms with E-state index >= 15 is 0 Å². The first-order valence-corrected chi connectivity index (χ1v) is 15.4. The zero-order valence-electron chi connectivity index (χ0n) is 23.0. The van der Waals surface area contributed by atoms with Gasteiger partial charge in [-0.3, -0.25) is 0 Å². The summed E-state index contributed by atoms with van der Waals surface area (Å²) in [5.74, 6) is 12.2. The fourth-order valence-corrected chi connectivity index (χ4v) is 4.75. The second kappa shape index (κ2) is 16.6. The van der Waals surface area contributed by atoms with Gasteiger partial charge in [-0.1, -0.05) is 60.1 Å². The Kier molecular flexibility index (Phi) is 12.3. The lowest BCUT2D eigenvalue weighted by Crippen LogP contribution is -2.22. The van der Waals surface area contributed by atoms with Crippen molar-refractivity contribution in [1.29, 1.82) is 0 Å². The van der Waals surface area contributed by atoms with Crippen LogP contribution >= 0.6 is 0 Å². The van der Waals surface area contributed by atoms with Gasteiger partial charge in [0, 0.05) is 24.3 Å². The number of sulfone groups is 1. The molecule has 0 N–H and O–H groups in total. The lowest BCUT2D eigenvalue weighted by molar-refractivity contribution is -0.154. The Morgan fingerprint density at radius 3 is 1.61 bits per heavy atom. The van der Waals surface area contributed by atoms with E-state index in [9.17, 15) is 8.42 Å². The van der Waals surface area contributed by atoms with Crippen molar-refractivity contribution in [3.63, 3.8) is 0 Å². The van der Waals surface area contributed by atoms with Crippen LogP contribution in [-0.4, -0.2) is 47.4 Å². The number of hydrogen-bond donors (Lipinski definition) is 0. The first-order valence-electron chi connectivity index (χ1n) is 13.8. The monoisotopic (exact) mass is 570 g/mol. The third-order valence-corrected chi connectivity index (χ3v) is 7.20. The quantitative estimate of drug-likeness (QED) is 0.293.